The average molecular weight is 443 g/mol. The second kappa shape index (κ2) is 8.82. The first-order valence-electron chi connectivity index (χ1n) is 9.70. The van der Waals surface area contributed by atoms with Gasteiger partial charge in [0.05, 0.1) is 12.6 Å². The Bertz CT molecular complexity index is 875. The third-order valence-electron chi connectivity index (χ3n) is 5.13. The highest BCUT2D eigenvalue weighted by molar-refractivity contribution is 9.10. The molecule has 1 heterocycles. The first-order chi connectivity index (χ1) is 13.4. The van der Waals surface area contributed by atoms with E-state index in [1.165, 1.54) is 5.56 Å². The monoisotopic (exact) mass is 442 g/mol. The van der Waals surface area contributed by atoms with Gasteiger partial charge in [-0.1, -0.05) is 60.1 Å². The molecule has 0 bridgehead atoms. The van der Waals surface area contributed by atoms with Gasteiger partial charge in [-0.25, -0.2) is 4.79 Å². The number of rotatable bonds is 4. The van der Waals surface area contributed by atoms with E-state index in [4.69, 9.17) is 10.5 Å². The van der Waals surface area contributed by atoms with Crippen LogP contribution < -0.4 is 5.73 Å². The summed E-state index contributed by atoms with van der Waals surface area (Å²) in [5.41, 5.74) is 11.5. The Morgan fingerprint density at radius 1 is 1.25 bits per heavy atom. The van der Waals surface area contributed by atoms with Crippen molar-refractivity contribution in [3.05, 3.63) is 69.7 Å². The Kier molecular flexibility index (Phi) is 6.45. The summed E-state index contributed by atoms with van der Waals surface area (Å²) in [5, 5.41) is 0. The number of nitrogen functional groups attached to an aromatic ring is 1. The molecule has 1 atom stereocenters. The lowest BCUT2D eigenvalue weighted by Crippen LogP contribution is -2.37. The van der Waals surface area contributed by atoms with Crippen molar-refractivity contribution in [3.63, 3.8) is 0 Å². The Labute approximate surface area is 175 Å². The summed E-state index contributed by atoms with van der Waals surface area (Å²) in [6, 6.07) is 14.2. The Hall–Kier alpha value is -2.27. The summed E-state index contributed by atoms with van der Waals surface area (Å²) < 4.78 is 6.29. The van der Waals surface area contributed by atoms with Gasteiger partial charge in [-0.2, -0.15) is 0 Å². The molecule has 0 aliphatic carbocycles. The number of amides is 1. The van der Waals surface area contributed by atoms with Crippen molar-refractivity contribution in [1.29, 1.82) is 0 Å². The smallest absolute Gasteiger partial charge is 0.410 e. The van der Waals surface area contributed by atoms with Gasteiger partial charge in [0.1, 0.15) is 0 Å². The molecular weight excluding hydrogens is 416 g/mol. The minimum atomic E-state index is -0.280. The molecule has 2 aromatic carbocycles. The zero-order chi connectivity index (χ0) is 20.3. The molecule has 0 fully saturated rings. The molecule has 2 N–H and O–H groups in total. The van der Waals surface area contributed by atoms with Crippen molar-refractivity contribution in [2.24, 2.45) is 0 Å². The van der Waals surface area contributed by atoms with Crippen molar-refractivity contribution in [3.8, 4) is 0 Å². The lowest BCUT2D eigenvalue weighted by molar-refractivity contribution is 0.0968. The normalized spacial score (nSPS) is 16.8. The van der Waals surface area contributed by atoms with Crippen LogP contribution in [0.15, 0.2) is 53.0 Å². The van der Waals surface area contributed by atoms with Crippen LogP contribution in [0.4, 0.5) is 10.5 Å². The summed E-state index contributed by atoms with van der Waals surface area (Å²) in [5.74, 6) is 0.467. The van der Waals surface area contributed by atoms with E-state index in [0.717, 1.165) is 33.3 Å². The van der Waals surface area contributed by atoms with Gasteiger partial charge < -0.3 is 10.5 Å². The fraction of sp³-hybridized carbons (Fsp3) is 0.348. The molecule has 1 aliphatic heterocycles. The molecule has 5 heteroatoms. The maximum atomic E-state index is 12.6. The third-order valence-corrected chi connectivity index (χ3v) is 5.62. The van der Waals surface area contributed by atoms with Gasteiger partial charge in [0, 0.05) is 22.3 Å². The van der Waals surface area contributed by atoms with Gasteiger partial charge >= 0.3 is 6.09 Å². The number of ether oxygens (including phenoxy) is 1. The lowest BCUT2D eigenvalue weighted by atomic mass is 9.91. The molecule has 28 heavy (non-hydrogen) atoms. The number of hydrogen-bond acceptors (Lipinski definition) is 3. The van der Waals surface area contributed by atoms with Gasteiger partial charge in [-0.15, -0.1) is 0 Å². The van der Waals surface area contributed by atoms with Crippen LogP contribution in [0.3, 0.4) is 0 Å². The maximum absolute atomic E-state index is 12.6. The molecular formula is C23H27BrN2O2. The van der Waals surface area contributed by atoms with E-state index < -0.39 is 0 Å². The molecule has 2 aromatic rings. The molecule has 1 unspecified atom stereocenters. The van der Waals surface area contributed by atoms with Crippen LogP contribution in [0, 0.1) is 0 Å². The first-order valence-corrected chi connectivity index (χ1v) is 10.5. The molecule has 0 spiro atoms. The fourth-order valence-corrected chi connectivity index (χ4v) is 3.90. The Morgan fingerprint density at radius 2 is 1.96 bits per heavy atom. The van der Waals surface area contributed by atoms with E-state index in [9.17, 15) is 4.79 Å². The molecule has 0 aromatic heterocycles. The quantitative estimate of drug-likeness (QED) is 0.578. The molecule has 0 saturated carbocycles. The summed E-state index contributed by atoms with van der Waals surface area (Å²) >= 11 is 3.53. The van der Waals surface area contributed by atoms with Gasteiger partial charge in [0.2, 0.25) is 0 Å². The summed E-state index contributed by atoms with van der Waals surface area (Å²) in [6.45, 7) is 7.14. The van der Waals surface area contributed by atoms with Crippen LogP contribution in [0.2, 0.25) is 0 Å². The molecule has 1 aliphatic rings. The van der Waals surface area contributed by atoms with Crippen molar-refractivity contribution >= 4 is 33.3 Å². The van der Waals surface area contributed by atoms with Crippen LogP contribution in [-0.2, 0) is 4.74 Å². The van der Waals surface area contributed by atoms with Crippen LogP contribution in [-0.4, -0.2) is 24.1 Å². The Morgan fingerprint density at radius 3 is 2.61 bits per heavy atom. The number of anilines is 1. The summed E-state index contributed by atoms with van der Waals surface area (Å²) in [6.07, 6.45) is 2.60. The lowest BCUT2D eigenvalue weighted by Gasteiger charge is -2.34. The average Bonchev–Trinajstić information content (AvgIpc) is 2.69. The van der Waals surface area contributed by atoms with Crippen LogP contribution in [0.1, 0.15) is 55.8 Å². The first kappa shape index (κ1) is 20.5. The largest absolute Gasteiger partial charge is 0.450 e. The number of carbonyl (C=O) groups is 1. The van der Waals surface area contributed by atoms with E-state index in [2.05, 4.69) is 60.1 Å². The van der Waals surface area contributed by atoms with E-state index in [0.29, 0.717) is 19.1 Å². The highest BCUT2D eigenvalue weighted by Crippen LogP contribution is 2.37. The van der Waals surface area contributed by atoms with E-state index in [1.807, 2.05) is 25.1 Å². The zero-order valence-corrected chi connectivity index (χ0v) is 18.2. The fourth-order valence-electron chi connectivity index (χ4n) is 3.54. The maximum Gasteiger partial charge on any atom is 0.410 e. The van der Waals surface area contributed by atoms with Crippen molar-refractivity contribution in [1.82, 2.24) is 4.90 Å². The second-order valence-corrected chi connectivity index (χ2v) is 8.25. The topological polar surface area (TPSA) is 55.6 Å². The summed E-state index contributed by atoms with van der Waals surface area (Å²) in [7, 11) is 0. The second-order valence-electron chi connectivity index (χ2n) is 7.33. The van der Waals surface area contributed by atoms with Gasteiger partial charge in [0.25, 0.3) is 0 Å². The standard InChI is InChI=1S/C23H27BrN2O2/c1-4-28-23(27)26-12-11-18(20-14-19(24)9-10-21(20)25)13-22(26)17-7-5-16(6-8-17)15(2)3/h5-10,13-15,22H,4,11-12,25H2,1-3H3. The van der Waals surface area contributed by atoms with Crippen LogP contribution in [0.25, 0.3) is 5.57 Å². The highest BCUT2D eigenvalue weighted by Gasteiger charge is 2.29. The Balaban J connectivity index is 2.02. The highest BCUT2D eigenvalue weighted by atomic mass is 79.9. The molecule has 0 radical (unpaired) electrons. The van der Waals surface area contributed by atoms with Gasteiger partial charge in [-0.3, -0.25) is 4.90 Å². The van der Waals surface area contributed by atoms with Crippen LogP contribution in [0.5, 0.6) is 0 Å². The van der Waals surface area contributed by atoms with Crippen molar-refractivity contribution < 1.29 is 9.53 Å². The number of halogens is 1. The molecule has 4 nitrogen and oxygen atoms in total. The van der Waals surface area contributed by atoms with Crippen molar-refractivity contribution in [2.45, 2.75) is 39.2 Å². The number of benzene rings is 2. The predicted octanol–water partition coefficient (Wildman–Crippen LogP) is 6.14. The number of carbonyl (C=O) groups excluding carboxylic acids is 1. The van der Waals surface area contributed by atoms with Gasteiger partial charge in [0.15, 0.2) is 0 Å². The zero-order valence-electron chi connectivity index (χ0n) is 16.6. The van der Waals surface area contributed by atoms with Gasteiger partial charge in [-0.05, 0) is 54.2 Å². The molecule has 148 valence electrons. The molecule has 0 saturated heterocycles. The minimum Gasteiger partial charge on any atom is -0.450 e. The minimum absolute atomic E-state index is 0.178. The molecule has 3 rings (SSSR count). The van der Waals surface area contributed by atoms with Crippen LogP contribution >= 0.6 is 15.9 Å². The number of nitrogens with zero attached hydrogens (tertiary/aromatic N) is 1. The number of hydrogen-bond donors (Lipinski definition) is 1. The number of nitrogens with two attached hydrogens (primary N) is 1. The van der Waals surface area contributed by atoms with E-state index in [-0.39, 0.29) is 12.1 Å². The van der Waals surface area contributed by atoms with Crippen molar-refractivity contribution in [2.75, 3.05) is 18.9 Å². The summed E-state index contributed by atoms with van der Waals surface area (Å²) in [4.78, 5) is 14.4. The van der Waals surface area contributed by atoms with E-state index >= 15 is 0 Å². The SMILES string of the molecule is CCOC(=O)N1CCC(c2cc(Br)ccc2N)=CC1c1ccc(C(C)C)cc1. The predicted molar refractivity (Wildman–Crippen MR) is 118 cm³/mol. The molecule has 1 amide bonds. The third kappa shape index (κ3) is 4.41. The van der Waals surface area contributed by atoms with E-state index in [1.54, 1.807) is 4.90 Å².